The summed E-state index contributed by atoms with van der Waals surface area (Å²) < 4.78 is 0. The molecular formula is C10H13NO2. The maximum Gasteiger partial charge on any atom is 0.317 e. The summed E-state index contributed by atoms with van der Waals surface area (Å²) in [5.41, 5.74) is 2.32. The standard InChI is InChI=1S/C10H13NO2/c1-8-4-2-3-5-9(8)6-11-7-10(12)13/h2-5,11H,6-7H2,1H3,(H,12,13). The second-order valence-corrected chi connectivity index (χ2v) is 2.92. The Morgan fingerprint density at radius 3 is 2.77 bits per heavy atom. The zero-order chi connectivity index (χ0) is 9.68. The van der Waals surface area contributed by atoms with Crippen molar-refractivity contribution in [1.29, 1.82) is 0 Å². The summed E-state index contributed by atoms with van der Waals surface area (Å²) in [6.07, 6.45) is 0. The van der Waals surface area contributed by atoms with Gasteiger partial charge >= 0.3 is 5.97 Å². The molecule has 13 heavy (non-hydrogen) atoms. The molecule has 3 nitrogen and oxygen atoms in total. The predicted octanol–water partition coefficient (Wildman–Crippen LogP) is 1.17. The molecule has 0 saturated carbocycles. The van der Waals surface area contributed by atoms with E-state index >= 15 is 0 Å². The van der Waals surface area contributed by atoms with Gasteiger partial charge < -0.3 is 10.4 Å². The molecular weight excluding hydrogens is 166 g/mol. The Kier molecular flexibility index (Phi) is 3.46. The van der Waals surface area contributed by atoms with Gasteiger partial charge in [0.05, 0.1) is 6.54 Å². The number of hydrogen-bond acceptors (Lipinski definition) is 2. The van der Waals surface area contributed by atoms with Gasteiger partial charge in [-0.15, -0.1) is 0 Å². The third kappa shape index (κ3) is 3.25. The molecule has 0 aliphatic carbocycles. The Bertz CT molecular complexity index is 297. The van der Waals surface area contributed by atoms with E-state index in [9.17, 15) is 4.79 Å². The van der Waals surface area contributed by atoms with E-state index in [1.807, 2.05) is 31.2 Å². The maximum atomic E-state index is 10.2. The first-order valence-corrected chi connectivity index (χ1v) is 4.17. The topological polar surface area (TPSA) is 49.3 Å². The summed E-state index contributed by atoms with van der Waals surface area (Å²) in [7, 11) is 0. The van der Waals surface area contributed by atoms with Crippen LogP contribution in [-0.2, 0) is 11.3 Å². The smallest absolute Gasteiger partial charge is 0.317 e. The van der Waals surface area contributed by atoms with E-state index in [1.165, 1.54) is 5.56 Å². The van der Waals surface area contributed by atoms with Gasteiger partial charge in [-0.1, -0.05) is 24.3 Å². The fourth-order valence-corrected chi connectivity index (χ4v) is 1.11. The van der Waals surface area contributed by atoms with Crippen LogP contribution in [-0.4, -0.2) is 17.6 Å². The van der Waals surface area contributed by atoms with Crippen LogP contribution in [0.4, 0.5) is 0 Å². The second kappa shape index (κ2) is 4.62. The average molecular weight is 179 g/mol. The first-order chi connectivity index (χ1) is 6.20. The van der Waals surface area contributed by atoms with Gasteiger partial charge in [-0.3, -0.25) is 4.79 Å². The quantitative estimate of drug-likeness (QED) is 0.729. The second-order valence-electron chi connectivity index (χ2n) is 2.92. The molecule has 0 heterocycles. The maximum absolute atomic E-state index is 10.2. The van der Waals surface area contributed by atoms with Crippen molar-refractivity contribution < 1.29 is 9.90 Å². The lowest BCUT2D eigenvalue weighted by Gasteiger charge is -2.04. The van der Waals surface area contributed by atoms with Crippen LogP contribution in [0.2, 0.25) is 0 Å². The molecule has 0 radical (unpaired) electrons. The van der Waals surface area contributed by atoms with Crippen LogP contribution in [0.25, 0.3) is 0 Å². The van der Waals surface area contributed by atoms with Gasteiger partial charge in [0.1, 0.15) is 0 Å². The summed E-state index contributed by atoms with van der Waals surface area (Å²) >= 11 is 0. The van der Waals surface area contributed by atoms with Crippen LogP contribution in [0.15, 0.2) is 24.3 Å². The van der Waals surface area contributed by atoms with Gasteiger partial charge in [-0.2, -0.15) is 0 Å². The van der Waals surface area contributed by atoms with Gasteiger partial charge in [0.15, 0.2) is 0 Å². The number of carbonyl (C=O) groups is 1. The summed E-state index contributed by atoms with van der Waals surface area (Å²) in [4.78, 5) is 10.2. The number of rotatable bonds is 4. The Morgan fingerprint density at radius 2 is 2.15 bits per heavy atom. The highest BCUT2D eigenvalue weighted by Crippen LogP contribution is 2.05. The minimum atomic E-state index is -0.825. The third-order valence-electron chi connectivity index (χ3n) is 1.85. The number of aryl methyl sites for hydroxylation is 1. The molecule has 1 rings (SSSR count). The summed E-state index contributed by atoms with van der Waals surface area (Å²) in [6.45, 7) is 2.63. The number of carboxylic acids is 1. The van der Waals surface area contributed by atoms with Crippen LogP contribution in [0, 0.1) is 6.92 Å². The Morgan fingerprint density at radius 1 is 1.46 bits per heavy atom. The Labute approximate surface area is 77.4 Å². The largest absolute Gasteiger partial charge is 0.480 e. The summed E-state index contributed by atoms with van der Waals surface area (Å²) in [5.74, 6) is -0.825. The molecule has 0 aromatic heterocycles. The van der Waals surface area contributed by atoms with Crippen molar-refractivity contribution >= 4 is 5.97 Å². The summed E-state index contributed by atoms with van der Waals surface area (Å²) in [5, 5.41) is 11.2. The van der Waals surface area contributed by atoms with E-state index in [0.717, 1.165) is 5.56 Å². The first kappa shape index (κ1) is 9.74. The molecule has 0 aliphatic rings. The third-order valence-corrected chi connectivity index (χ3v) is 1.85. The van der Waals surface area contributed by atoms with Crippen molar-refractivity contribution in [3.8, 4) is 0 Å². The van der Waals surface area contributed by atoms with Gasteiger partial charge in [-0.05, 0) is 18.1 Å². The molecule has 1 aromatic carbocycles. The number of aliphatic carboxylic acids is 1. The summed E-state index contributed by atoms with van der Waals surface area (Å²) in [6, 6.07) is 7.92. The van der Waals surface area contributed by atoms with Gasteiger partial charge in [0.2, 0.25) is 0 Å². The molecule has 0 saturated heterocycles. The number of carboxylic acid groups (broad SMARTS) is 1. The van der Waals surface area contributed by atoms with E-state index in [0.29, 0.717) is 6.54 Å². The Hall–Kier alpha value is -1.35. The van der Waals surface area contributed by atoms with Crippen LogP contribution >= 0.6 is 0 Å². The number of nitrogens with one attached hydrogen (secondary N) is 1. The van der Waals surface area contributed by atoms with E-state index in [1.54, 1.807) is 0 Å². The van der Waals surface area contributed by atoms with E-state index in [2.05, 4.69) is 5.32 Å². The van der Waals surface area contributed by atoms with Crippen molar-refractivity contribution in [3.63, 3.8) is 0 Å². The molecule has 0 unspecified atom stereocenters. The lowest BCUT2D eigenvalue weighted by Crippen LogP contribution is -2.22. The van der Waals surface area contributed by atoms with Crippen molar-refractivity contribution in [2.45, 2.75) is 13.5 Å². The molecule has 0 amide bonds. The van der Waals surface area contributed by atoms with Crippen molar-refractivity contribution in [2.75, 3.05) is 6.54 Å². The van der Waals surface area contributed by atoms with E-state index in [-0.39, 0.29) is 6.54 Å². The average Bonchev–Trinajstić information content (AvgIpc) is 2.08. The molecule has 3 heteroatoms. The van der Waals surface area contributed by atoms with Crippen molar-refractivity contribution in [1.82, 2.24) is 5.32 Å². The molecule has 0 fully saturated rings. The van der Waals surface area contributed by atoms with Crippen LogP contribution in [0.3, 0.4) is 0 Å². The zero-order valence-electron chi connectivity index (χ0n) is 7.58. The number of hydrogen-bond donors (Lipinski definition) is 2. The van der Waals surface area contributed by atoms with Crippen LogP contribution in [0.5, 0.6) is 0 Å². The molecule has 1 aromatic rings. The zero-order valence-corrected chi connectivity index (χ0v) is 7.58. The molecule has 0 aliphatic heterocycles. The molecule has 0 atom stereocenters. The van der Waals surface area contributed by atoms with Gasteiger partial charge in [0, 0.05) is 6.54 Å². The number of benzene rings is 1. The monoisotopic (exact) mass is 179 g/mol. The van der Waals surface area contributed by atoms with Crippen LogP contribution < -0.4 is 5.32 Å². The minimum absolute atomic E-state index is 0.00827. The van der Waals surface area contributed by atoms with Crippen molar-refractivity contribution in [2.24, 2.45) is 0 Å². The predicted molar refractivity (Wildman–Crippen MR) is 50.5 cm³/mol. The lowest BCUT2D eigenvalue weighted by atomic mass is 10.1. The first-order valence-electron chi connectivity index (χ1n) is 4.17. The van der Waals surface area contributed by atoms with E-state index < -0.39 is 5.97 Å². The van der Waals surface area contributed by atoms with Gasteiger partial charge in [-0.25, -0.2) is 0 Å². The van der Waals surface area contributed by atoms with Gasteiger partial charge in [0.25, 0.3) is 0 Å². The normalized spacial score (nSPS) is 9.92. The highest BCUT2D eigenvalue weighted by molar-refractivity contribution is 5.69. The van der Waals surface area contributed by atoms with E-state index in [4.69, 9.17) is 5.11 Å². The fourth-order valence-electron chi connectivity index (χ4n) is 1.11. The SMILES string of the molecule is Cc1ccccc1CNCC(=O)O. The fraction of sp³-hybridized carbons (Fsp3) is 0.300. The highest BCUT2D eigenvalue weighted by atomic mass is 16.4. The molecule has 2 N–H and O–H groups in total. The molecule has 0 bridgehead atoms. The Balaban J connectivity index is 2.45. The highest BCUT2D eigenvalue weighted by Gasteiger charge is 1.98. The van der Waals surface area contributed by atoms with Crippen molar-refractivity contribution in [3.05, 3.63) is 35.4 Å². The van der Waals surface area contributed by atoms with Crippen LogP contribution in [0.1, 0.15) is 11.1 Å². The molecule has 0 spiro atoms. The lowest BCUT2D eigenvalue weighted by molar-refractivity contribution is -0.135. The minimum Gasteiger partial charge on any atom is -0.480 e. The molecule has 70 valence electrons.